The normalized spacial score (nSPS) is 15.2. The Labute approximate surface area is 125 Å². The Hall–Kier alpha value is -1.42. The second-order valence-corrected chi connectivity index (χ2v) is 5.64. The molecular weight excluding hydrogens is 274 g/mol. The molecule has 2 rings (SSSR count). The lowest BCUT2D eigenvalue weighted by atomic mass is 10.1. The third-order valence-electron chi connectivity index (χ3n) is 3.56. The van der Waals surface area contributed by atoms with Crippen LogP contribution in [0.2, 0.25) is 5.02 Å². The van der Waals surface area contributed by atoms with Gasteiger partial charge < -0.3 is 16.0 Å². The molecule has 1 saturated heterocycles. The quantitative estimate of drug-likeness (QED) is 0.834. The molecule has 0 aliphatic carbocycles. The first-order valence-corrected chi connectivity index (χ1v) is 7.63. The maximum atomic E-state index is 11.7. The topological polar surface area (TPSA) is 58.4 Å². The van der Waals surface area contributed by atoms with Gasteiger partial charge in [0.2, 0.25) is 5.91 Å². The third-order valence-corrected chi connectivity index (χ3v) is 3.88. The zero-order valence-electron chi connectivity index (χ0n) is 11.9. The smallest absolute Gasteiger partial charge is 0.224 e. The number of rotatable bonds is 4. The standard InChI is InChI=1S/C15H22ClN3O/c1-2-6-15(20)18-13-10-14(12(17)9-11(13)16)19-7-4-3-5-8-19/h9-10H,2-8,17H2,1H3,(H,18,20). The Kier molecular flexibility index (Phi) is 5.12. The lowest BCUT2D eigenvalue weighted by Crippen LogP contribution is -2.30. The second-order valence-electron chi connectivity index (χ2n) is 5.24. The van der Waals surface area contributed by atoms with Crippen molar-refractivity contribution in [3.05, 3.63) is 17.2 Å². The molecule has 4 nitrogen and oxygen atoms in total. The molecule has 0 atom stereocenters. The van der Waals surface area contributed by atoms with Crippen LogP contribution < -0.4 is 16.0 Å². The summed E-state index contributed by atoms with van der Waals surface area (Å²) in [4.78, 5) is 14.0. The number of piperidine rings is 1. The van der Waals surface area contributed by atoms with Crippen molar-refractivity contribution >= 4 is 34.6 Å². The van der Waals surface area contributed by atoms with Crippen molar-refractivity contribution in [1.82, 2.24) is 0 Å². The van der Waals surface area contributed by atoms with Crippen LogP contribution in [0.15, 0.2) is 12.1 Å². The predicted octanol–water partition coefficient (Wildman–Crippen LogP) is 3.65. The molecule has 0 spiro atoms. The molecule has 1 aromatic carbocycles. The van der Waals surface area contributed by atoms with Crippen LogP contribution in [0.5, 0.6) is 0 Å². The van der Waals surface area contributed by atoms with Crippen LogP contribution in [0.3, 0.4) is 0 Å². The first-order chi connectivity index (χ1) is 9.61. The molecule has 0 unspecified atom stereocenters. The molecule has 1 aliphatic heterocycles. The van der Waals surface area contributed by atoms with Crippen LogP contribution in [-0.4, -0.2) is 19.0 Å². The highest BCUT2D eigenvalue weighted by molar-refractivity contribution is 6.34. The number of carbonyl (C=O) groups excluding carboxylic acids is 1. The zero-order valence-corrected chi connectivity index (χ0v) is 12.7. The summed E-state index contributed by atoms with van der Waals surface area (Å²) in [5, 5.41) is 3.36. The lowest BCUT2D eigenvalue weighted by molar-refractivity contribution is -0.116. The summed E-state index contributed by atoms with van der Waals surface area (Å²) in [6, 6.07) is 3.63. The number of halogens is 1. The molecule has 110 valence electrons. The van der Waals surface area contributed by atoms with Crippen LogP contribution in [0.4, 0.5) is 17.1 Å². The Morgan fingerprint density at radius 3 is 2.70 bits per heavy atom. The number of hydrogen-bond donors (Lipinski definition) is 2. The van der Waals surface area contributed by atoms with Gasteiger partial charge in [-0.1, -0.05) is 18.5 Å². The number of amides is 1. The van der Waals surface area contributed by atoms with Gasteiger partial charge in [0.15, 0.2) is 0 Å². The van der Waals surface area contributed by atoms with Gasteiger partial charge in [0, 0.05) is 19.5 Å². The number of nitrogens with two attached hydrogens (primary N) is 1. The van der Waals surface area contributed by atoms with Gasteiger partial charge in [-0.15, -0.1) is 0 Å². The van der Waals surface area contributed by atoms with E-state index in [0.29, 0.717) is 22.8 Å². The van der Waals surface area contributed by atoms with Gasteiger partial charge in [-0.25, -0.2) is 0 Å². The molecule has 0 bridgehead atoms. The van der Waals surface area contributed by atoms with E-state index < -0.39 is 0 Å². The van der Waals surface area contributed by atoms with E-state index in [1.807, 2.05) is 13.0 Å². The van der Waals surface area contributed by atoms with E-state index in [1.54, 1.807) is 6.07 Å². The van der Waals surface area contributed by atoms with Crippen molar-refractivity contribution in [3.8, 4) is 0 Å². The van der Waals surface area contributed by atoms with Crippen LogP contribution in [0.25, 0.3) is 0 Å². The fraction of sp³-hybridized carbons (Fsp3) is 0.533. The van der Waals surface area contributed by atoms with Crippen LogP contribution >= 0.6 is 11.6 Å². The monoisotopic (exact) mass is 295 g/mol. The Morgan fingerprint density at radius 1 is 1.35 bits per heavy atom. The van der Waals surface area contributed by atoms with Crippen molar-refractivity contribution < 1.29 is 4.79 Å². The number of hydrogen-bond acceptors (Lipinski definition) is 3. The molecular formula is C15H22ClN3O. The molecule has 3 N–H and O–H groups in total. The molecule has 0 saturated carbocycles. The first-order valence-electron chi connectivity index (χ1n) is 7.25. The first kappa shape index (κ1) is 15.0. The fourth-order valence-corrected chi connectivity index (χ4v) is 2.74. The lowest BCUT2D eigenvalue weighted by Gasteiger charge is -2.30. The van der Waals surface area contributed by atoms with E-state index in [0.717, 1.165) is 25.2 Å². The van der Waals surface area contributed by atoms with Gasteiger partial charge in [0.05, 0.1) is 22.1 Å². The van der Waals surface area contributed by atoms with Gasteiger partial charge in [0.1, 0.15) is 0 Å². The van der Waals surface area contributed by atoms with E-state index in [4.69, 9.17) is 17.3 Å². The summed E-state index contributed by atoms with van der Waals surface area (Å²) in [5.41, 5.74) is 8.37. The van der Waals surface area contributed by atoms with Gasteiger partial charge in [-0.3, -0.25) is 4.79 Å². The van der Waals surface area contributed by atoms with Crippen molar-refractivity contribution in [2.75, 3.05) is 29.0 Å². The molecule has 1 fully saturated rings. The van der Waals surface area contributed by atoms with Crippen molar-refractivity contribution in [1.29, 1.82) is 0 Å². The second kappa shape index (κ2) is 6.84. The molecule has 20 heavy (non-hydrogen) atoms. The highest BCUT2D eigenvalue weighted by Gasteiger charge is 2.16. The minimum atomic E-state index is -0.0104. The van der Waals surface area contributed by atoms with Crippen molar-refractivity contribution in [3.63, 3.8) is 0 Å². The summed E-state index contributed by atoms with van der Waals surface area (Å²) >= 11 is 6.17. The molecule has 1 aliphatic rings. The van der Waals surface area contributed by atoms with E-state index in [2.05, 4.69) is 10.2 Å². The summed E-state index contributed by atoms with van der Waals surface area (Å²) < 4.78 is 0. The maximum absolute atomic E-state index is 11.7. The largest absolute Gasteiger partial charge is 0.397 e. The summed E-state index contributed by atoms with van der Waals surface area (Å²) in [7, 11) is 0. The highest BCUT2D eigenvalue weighted by Crippen LogP contribution is 2.34. The summed E-state index contributed by atoms with van der Waals surface area (Å²) in [6.07, 6.45) is 4.94. The number of nitrogens with zero attached hydrogens (tertiary/aromatic N) is 1. The van der Waals surface area contributed by atoms with Gasteiger partial charge in [-0.2, -0.15) is 0 Å². The third kappa shape index (κ3) is 3.57. The summed E-state index contributed by atoms with van der Waals surface area (Å²) in [5.74, 6) is -0.0104. The maximum Gasteiger partial charge on any atom is 0.224 e. The predicted molar refractivity (Wildman–Crippen MR) is 85.5 cm³/mol. The van der Waals surface area contributed by atoms with Crippen LogP contribution in [0.1, 0.15) is 39.0 Å². The molecule has 0 aromatic heterocycles. The minimum absolute atomic E-state index is 0.0104. The van der Waals surface area contributed by atoms with Crippen LogP contribution in [-0.2, 0) is 4.79 Å². The van der Waals surface area contributed by atoms with E-state index in [-0.39, 0.29) is 5.91 Å². The van der Waals surface area contributed by atoms with Gasteiger partial charge in [-0.05, 0) is 37.8 Å². The van der Waals surface area contributed by atoms with Gasteiger partial charge >= 0.3 is 0 Å². The highest BCUT2D eigenvalue weighted by atomic mass is 35.5. The average molecular weight is 296 g/mol. The Bertz CT molecular complexity index is 484. The van der Waals surface area contributed by atoms with E-state index >= 15 is 0 Å². The van der Waals surface area contributed by atoms with Crippen molar-refractivity contribution in [2.24, 2.45) is 0 Å². The number of carbonyl (C=O) groups is 1. The number of nitrogen functional groups attached to an aromatic ring is 1. The number of anilines is 3. The molecule has 1 amide bonds. The van der Waals surface area contributed by atoms with Gasteiger partial charge in [0.25, 0.3) is 0 Å². The van der Waals surface area contributed by atoms with Crippen molar-refractivity contribution in [2.45, 2.75) is 39.0 Å². The molecule has 5 heteroatoms. The van der Waals surface area contributed by atoms with E-state index in [1.165, 1.54) is 19.3 Å². The average Bonchev–Trinajstić information content (AvgIpc) is 2.43. The SMILES string of the molecule is CCCC(=O)Nc1cc(N2CCCCC2)c(N)cc1Cl. The summed E-state index contributed by atoms with van der Waals surface area (Å²) in [6.45, 7) is 3.99. The molecule has 1 aromatic rings. The fourth-order valence-electron chi connectivity index (χ4n) is 2.52. The molecule has 1 heterocycles. The van der Waals surface area contributed by atoms with E-state index in [9.17, 15) is 4.79 Å². The zero-order chi connectivity index (χ0) is 14.5. The Balaban J connectivity index is 2.22. The minimum Gasteiger partial charge on any atom is -0.397 e. The molecule has 0 radical (unpaired) electrons. The van der Waals surface area contributed by atoms with Crippen LogP contribution in [0, 0.1) is 0 Å². The number of benzene rings is 1. The Morgan fingerprint density at radius 2 is 2.05 bits per heavy atom. The number of nitrogens with one attached hydrogen (secondary N) is 1.